The number of aryl methyl sites for hydroxylation is 1. The smallest absolute Gasteiger partial charge is 0.268 e. The molecule has 1 N–H and O–H groups in total. The summed E-state index contributed by atoms with van der Waals surface area (Å²) in [4.78, 5) is 14.6. The molecule has 7 heteroatoms. The van der Waals surface area contributed by atoms with Gasteiger partial charge in [-0.1, -0.05) is 6.42 Å². The Bertz CT molecular complexity index is 647. The second-order valence-corrected chi connectivity index (χ2v) is 8.48. The number of rotatable bonds is 3. The van der Waals surface area contributed by atoms with E-state index in [4.69, 9.17) is 0 Å². The summed E-state index contributed by atoms with van der Waals surface area (Å²) in [6.45, 7) is 1.85. The molecule has 2 atom stereocenters. The van der Waals surface area contributed by atoms with E-state index in [0.717, 1.165) is 25.9 Å². The highest BCUT2D eigenvalue weighted by molar-refractivity contribution is 7.91. The van der Waals surface area contributed by atoms with Gasteiger partial charge in [-0.2, -0.15) is 0 Å². The van der Waals surface area contributed by atoms with Crippen LogP contribution in [-0.4, -0.2) is 60.5 Å². The molecule has 3 rings (SSSR count). The zero-order chi connectivity index (χ0) is 15.7. The van der Waals surface area contributed by atoms with Gasteiger partial charge in [0.05, 0.1) is 17.5 Å². The number of nitrogens with zero attached hydrogens (tertiary/aromatic N) is 2. The molecule has 0 radical (unpaired) electrons. The van der Waals surface area contributed by atoms with Gasteiger partial charge in [0, 0.05) is 19.3 Å². The van der Waals surface area contributed by atoms with Gasteiger partial charge in [0.15, 0.2) is 9.84 Å². The second kappa shape index (κ2) is 6.04. The number of nitrogens with one attached hydrogen (secondary N) is 1. The monoisotopic (exact) mass is 325 g/mol. The van der Waals surface area contributed by atoms with Gasteiger partial charge in [-0.05, 0) is 38.1 Å². The topological polar surface area (TPSA) is 71.4 Å². The van der Waals surface area contributed by atoms with E-state index in [-0.39, 0.29) is 29.5 Å². The molecule has 2 unspecified atom stereocenters. The molecule has 1 aromatic heterocycles. The Morgan fingerprint density at radius 1 is 1.23 bits per heavy atom. The van der Waals surface area contributed by atoms with Crippen molar-refractivity contribution in [1.82, 2.24) is 14.8 Å². The van der Waals surface area contributed by atoms with Crippen molar-refractivity contribution in [2.75, 3.05) is 24.6 Å². The summed E-state index contributed by atoms with van der Waals surface area (Å²) in [5, 5.41) is 2.94. The van der Waals surface area contributed by atoms with Crippen LogP contribution in [0, 0.1) is 0 Å². The summed E-state index contributed by atoms with van der Waals surface area (Å²) in [7, 11) is -1.27. The predicted molar refractivity (Wildman–Crippen MR) is 84.5 cm³/mol. The molecule has 22 heavy (non-hydrogen) atoms. The standard InChI is InChI=1S/C15H23N3O3S/c1-17-7-5-6-13(17)15(19)16-12-10-22(20,21)11-14(12)18-8-3-2-4-9-18/h5-7,12,14H,2-4,8-11H2,1H3,(H,16,19). The molecule has 0 aromatic carbocycles. The first-order valence-corrected chi connectivity index (χ1v) is 9.65. The Labute approximate surface area is 131 Å². The maximum absolute atomic E-state index is 12.4. The average Bonchev–Trinajstić information content (AvgIpc) is 3.03. The Morgan fingerprint density at radius 3 is 2.59 bits per heavy atom. The SMILES string of the molecule is Cn1cccc1C(=O)NC1CS(=O)(=O)CC1N1CCCCC1. The van der Waals surface area contributed by atoms with Gasteiger partial charge >= 0.3 is 0 Å². The molecule has 122 valence electrons. The molecule has 6 nitrogen and oxygen atoms in total. The molecule has 0 aliphatic carbocycles. The fraction of sp³-hybridized carbons (Fsp3) is 0.667. The van der Waals surface area contributed by atoms with Gasteiger partial charge in [0.25, 0.3) is 5.91 Å². The van der Waals surface area contributed by atoms with Gasteiger partial charge in [-0.15, -0.1) is 0 Å². The van der Waals surface area contributed by atoms with Crippen LogP contribution in [-0.2, 0) is 16.9 Å². The van der Waals surface area contributed by atoms with Crippen molar-refractivity contribution >= 4 is 15.7 Å². The number of hydrogen-bond acceptors (Lipinski definition) is 4. The van der Waals surface area contributed by atoms with E-state index < -0.39 is 9.84 Å². The summed E-state index contributed by atoms with van der Waals surface area (Å²) in [6.07, 6.45) is 5.23. The number of amides is 1. The highest BCUT2D eigenvalue weighted by atomic mass is 32.2. The normalized spacial score (nSPS) is 28.6. The lowest BCUT2D eigenvalue weighted by molar-refractivity contribution is 0.0892. The van der Waals surface area contributed by atoms with Crippen LogP contribution >= 0.6 is 0 Å². The molecule has 2 saturated heterocycles. The van der Waals surface area contributed by atoms with E-state index in [1.165, 1.54) is 6.42 Å². The van der Waals surface area contributed by atoms with E-state index in [1.807, 2.05) is 19.3 Å². The minimum atomic E-state index is -3.08. The number of piperidine rings is 1. The summed E-state index contributed by atoms with van der Waals surface area (Å²) < 4.78 is 25.8. The Morgan fingerprint density at radius 2 is 1.95 bits per heavy atom. The molecule has 0 saturated carbocycles. The number of aromatic nitrogens is 1. The van der Waals surface area contributed by atoms with Crippen LogP contribution in [0.15, 0.2) is 18.3 Å². The van der Waals surface area contributed by atoms with E-state index in [9.17, 15) is 13.2 Å². The van der Waals surface area contributed by atoms with Crippen LogP contribution in [0.5, 0.6) is 0 Å². The Hall–Kier alpha value is -1.34. The molecule has 2 fully saturated rings. The lowest BCUT2D eigenvalue weighted by atomic mass is 10.0. The van der Waals surface area contributed by atoms with Gasteiger partial charge in [-0.25, -0.2) is 8.42 Å². The van der Waals surface area contributed by atoms with Crippen LogP contribution < -0.4 is 5.32 Å². The first-order chi connectivity index (χ1) is 10.5. The van der Waals surface area contributed by atoms with Crippen LogP contribution in [0.3, 0.4) is 0 Å². The summed E-state index contributed by atoms with van der Waals surface area (Å²) in [5.41, 5.74) is 0.557. The lowest BCUT2D eigenvalue weighted by Crippen LogP contribution is -2.52. The number of likely N-dealkylation sites (tertiary alicyclic amines) is 1. The van der Waals surface area contributed by atoms with Crippen molar-refractivity contribution in [1.29, 1.82) is 0 Å². The largest absolute Gasteiger partial charge is 0.347 e. The van der Waals surface area contributed by atoms with Crippen molar-refractivity contribution in [2.45, 2.75) is 31.3 Å². The van der Waals surface area contributed by atoms with E-state index in [1.54, 1.807) is 10.6 Å². The van der Waals surface area contributed by atoms with Crippen LogP contribution in [0.4, 0.5) is 0 Å². The van der Waals surface area contributed by atoms with Crippen LogP contribution in [0.25, 0.3) is 0 Å². The highest BCUT2D eigenvalue weighted by Crippen LogP contribution is 2.22. The third-order valence-electron chi connectivity index (χ3n) is 4.68. The number of sulfone groups is 1. The van der Waals surface area contributed by atoms with Crippen molar-refractivity contribution in [3.63, 3.8) is 0 Å². The first kappa shape index (κ1) is 15.6. The van der Waals surface area contributed by atoms with Crippen LogP contribution in [0.2, 0.25) is 0 Å². The van der Waals surface area contributed by atoms with Crippen molar-refractivity contribution in [3.05, 3.63) is 24.0 Å². The van der Waals surface area contributed by atoms with Gasteiger partial charge in [0.1, 0.15) is 5.69 Å². The zero-order valence-corrected chi connectivity index (χ0v) is 13.7. The quantitative estimate of drug-likeness (QED) is 0.873. The van der Waals surface area contributed by atoms with E-state index >= 15 is 0 Å². The third kappa shape index (κ3) is 3.20. The number of carbonyl (C=O) groups is 1. The molecule has 1 amide bonds. The van der Waals surface area contributed by atoms with E-state index in [2.05, 4.69) is 10.2 Å². The predicted octanol–water partition coefficient (Wildman–Crippen LogP) is 0.406. The number of carbonyl (C=O) groups excluding carboxylic acids is 1. The molecule has 2 aliphatic rings. The van der Waals surface area contributed by atoms with Gasteiger partial charge in [0.2, 0.25) is 0 Å². The lowest BCUT2D eigenvalue weighted by Gasteiger charge is -2.35. The minimum absolute atomic E-state index is 0.0460. The third-order valence-corrected chi connectivity index (χ3v) is 6.39. The maximum atomic E-state index is 12.4. The fourth-order valence-electron chi connectivity index (χ4n) is 3.52. The zero-order valence-electron chi connectivity index (χ0n) is 12.9. The van der Waals surface area contributed by atoms with Crippen molar-refractivity contribution in [3.8, 4) is 0 Å². The highest BCUT2D eigenvalue weighted by Gasteiger charge is 2.42. The average molecular weight is 325 g/mol. The second-order valence-electron chi connectivity index (χ2n) is 6.33. The molecule has 1 aromatic rings. The first-order valence-electron chi connectivity index (χ1n) is 7.83. The minimum Gasteiger partial charge on any atom is -0.347 e. The molecular formula is C15H23N3O3S. The van der Waals surface area contributed by atoms with Gasteiger partial charge in [-0.3, -0.25) is 9.69 Å². The summed E-state index contributed by atoms with van der Waals surface area (Å²) in [6, 6.07) is 3.15. The van der Waals surface area contributed by atoms with Crippen LogP contribution in [0.1, 0.15) is 29.8 Å². The van der Waals surface area contributed by atoms with Crippen molar-refractivity contribution < 1.29 is 13.2 Å². The molecule has 3 heterocycles. The summed E-state index contributed by atoms with van der Waals surface area (Å²) in [5.74, 6) is 0.00620. The molecular weight excluding hydrogens is 302 g/mol. The molecule has 0 bridgehead atoms. The Kier molecular flexibility index (Phi) is 4.27. The van der Waals surface area contributed by atoms with Crippen molar-refractivity contribution in [2.24, 2.45) is 7.05 Å². The molecule has 2 aliphatic heterocycles. The molecule has 0 spiro atoms. The summed E-state index contributed by atoms with van der Waals surface area (Å²) >= 11 is 0. The van der Waals surface area contributed by atoms with E-state index in [0.29, 0.717) is 5.69 Å². The fourth-order valence-corrected chi connectivity index (χ4v) is 5.47. The Balaban J connectivity index is 1.75. The maximum Gasteiger partial charge on any atom is 0.268 e. The van der Waals surface area contributed by atoms with Gasteiger partial charge < -0.3 is 9.88 Å². The number of hydrogen-bond donors (Lipinski definition) is 1.